The molecule has 0 aliphatic carbocycles. The molecule has 0 saturated carbocycles. The Hall–Kier alpha value is -0.290. The van der Waals surface area contributed by atoms with E-state index in [0.717, 1.165) is 26.2 Å². The van der Waals surface area contributed by atoms with Crippen molar-refractivity contribution in [3.63, 3.8) is 0 Å². The lowest BCUT2D eigenvalue weighted by atomic mass is 10.2. The molecule has 1 fully saturated rings. The van der Waals surface area contributed by atoms with Gasteiger partial charge in [0.15, 0.2) is 0 Å². The molecule has 8 nitrogen and oxygen atoms in total. The van der Waals surface area contributed by atoms with Crippen LogP contribution < -0.4 is 0 Å². The Kier molecular flexibility index (Phi) is 6.43. The average molecular weight is 283 g/mol. The lowest BCUT2D eigenvalue weighted by molar-refractivity contribution is 0.0412. The third kappa shape index (κ3) is 6.59. The van der Waals surface area contributed by atoms with E-state index in [4.69, 9.17) is 5.11 Å². The minimum atomic E-state index is -4.74. The van der Waals surface area contributed by atoms with E-state index in [1.54, 1.807) is 0 Å². The highest BCUT2D eigenvalue weighted by atomic mass is 32.3. The lowest BCUT2D eigenvalue weighted by Gasteiger charge is -2.35. The van der Waals surface area contributed by atoms with Gasteiger partial charge < -0.3 is 14.8 Å². The van der Waals surface area contributed by atoms with Crippen molar-refractivity contribution >= 4 is 10.4 Å². The molecule has 1 aliphatic rings. The summed E-state index contributed by atoms with van der Waals surface area (Å²) in [5.74, 6) is 0. The third-order valence-electron chi connectivity index (χ3n) is 2.75. The summed E-state index contributed by atoms with van der Waals surface area (Å²) in [6.07, 6.45) is -1.00. The van der Waals surface area contributed by atoms with Crippen LogP contribution in [0.2, 0.25) is 0 Å². The summed E-state index contributed by atoms with van der Waals surface area (Å²) in [6.45, 7) is 3.53. The van der Waals surface area contributed by atoms with Crippen molar-refractivity contribution in [2.75, 3.05) is 52.5 Å². The number of hydrogen-bond acceptors (Lipinski definition) is 8. The van der Waals surface area contributed by atoms with Crippen LogP contribution in [-0.4, -0.2) is 91.6 Å². The van der Waals surface area contributed by atoms with E-state index in [-0.39, 0.29) is 13.2 Å². The SMILES string of the molecule is O=S(=O)([O-])OCC(O)CN1CCN(CCO)CC1. The van der Waals surface area contributed by atoms with E-state index >= 15 is 0 Å². The number of aliphatic hydroxyl groups excluding tert-OH is 2. The molecule has 1 aliphatic heterocycles. The Labute approximate surface area is 107 Å². The summed E-state index contributed by atoms with van der Waals surface area (Å²) in [4.78, 5) is 4.06. The number of aliphatic hydroxyl groups is 2. The zero-order valence-corrected chi connectivity index (χ0v) is 10.9. The van der Waals surface area contributed by atoms with Gasteiger partial charge in [-0.1, -0.05) is 0 Å². The van der Waals surface area contributed by atoms with Crippen molar-refractivity contribution in [2.24, 2.45) is 0 Å². The maximum absolute atomic E-state index is 10.2. The fraction of sp³-hybridized carbons (Fsp3) is 1.00. The Morgan fingerprint density at radius 1 is 1.22 bits per heavy atom. The van der Waals surface area contributed by atoms with E-state index < -0.39 is 23.1 Å². The van der Waals surface area contributed by atoms with Gasteiger partial charge in [-0.25, -0.2) is 8.42 Å². The van der Waals surface area contributed by atoms with Gasteiger partial charge in [0.25, 0.3) is 0 Å². The van der Waals surface area contributed by atoms with Crippen LogP contribution >= 0.6 is 0 Å². The molecule has 1 heterocycles. The maximum Gasteiger partial charge on any atom is 0.217 e. The van der Waals surface area contributed by atoms with Crippen LogP contribution in [0.25, 0.3) is 0 Å². The second-order valence-corrected chi connectivity index (χ2v) is 5.26. The highest BCUT2D eigenvalue weighted by molar-refractivity contribution is 7.80. The predicted octanol–water partition coefficient (Wildman–Crippen LogP) is -2.57. The number of rotatable bonds is 7. The normalized spacial score (nSPS) is 21.1. The van der Waals surface area contributed by atoms with Gasteiger partial charge in [0.1, 0.15) is 0 Å². The average Bonchev–Trinajstić information content (AvgIpc) is 2.29. The highest BCUT2D eigenvalue weighted by Gasteiger charge is 2.19. The van der Waals surface area contributed by atoms with Crippen molar-refractivity contribution in [3.8, 4) is 0 Å². The van der Waals surface area contributed by atoms with Gasteiger partial charge in [0.05, 0.1) is 19.3 Å². The first-order valence-corrected chi connectivity index (χ1v) is 7.08. The van der Waals surface area contributed by atoms with E-state index in [2.05, 4.69) is 9.08 Å². The predicted molar refractivity (Wildman–Crippen MR) is 61.6 cm³/mol. The molecule has 1 rings (SSSR count). The third-order valence-corrected chi connectivity index (χ3v) is 3.18. The topological polar surface area (TPSA) is 113 Å². The maximum atomic E-state index is 10.2. The molecule has 108 valence electrons. The van der Waals surface area contributed by atoms with Crippen molar-refractivity contribution in [1.82, 2.24) is 9.80 Å². The van der Waals surface area contributed by atoms with Crippen LogP contribution in [0.15, 0.2) is 0 Å². The summed E-state index contributed by atoms with van der Waals surface area (Å²) < 4.78 is 34.6. The van der Waals surface area contributed by atoms with E-state index in [9.17, 15) is 18.1 Å². The standard InChI is InChI=1S/C9H20N2O6S/c12-6-5-10-1-3-11(4-2-10)7-9(13)8-17-18(14,15)16/h9,12-13H,1-8H2,(H,14,15,16)/p-1. The smallest absolute Gasteiger partial charge is 0.217 e. The van der Waals surface area contributed by atoms with Gasteiger partial charge in [-0.05, 0) is 0 Å². The molecule has 9 heteroatoms. The number of nitrogens with zero attached hydrogens (tertiary/aromatic N) is 2. The Morgan fingerprint density at radius 2 is 1.78 bits per heavy atom. The van der Waals surface area contributed by atoms with Gasteiger partial charge in [0.2, 0.25) is 10.4 Å². The minimum absolute atomic E-state index is 0.123. The molecule has 1 unspecified atom stereocenters. The van der Waals surface area contributed by atoms with Crippen LogP contribution in [0.3, 0.4) is 0 Å². The second kappa shape index (κ2) is 7.34. The Balaban J connectivity index is 2.20. The first-order chi connectivity index (χ1) is 8.40. The van der Waals surface area contributed by atoms with Gasteiger partial charge in [-0.15, -0.1) is 0 Å². The summed E-state index contributed by atoms with van der Waals surface area (Å²) >= 11 is 0. The van der Waals surface area contributed by atoms with Gasteiger partial charge in [-0.2, -0.15) is 0 Å². The molecule has 0 aromatic heterocycles. The molecule has 1 saturated heterocycles. The van der Waals surface area contributed by atoms with Crippen LogP contribution in [0.4, 0.5) is 0 Å². The summed E-state index contributed by atoms with van der Waals surface area (Å²) in [6, 6.07) is 0. The van der Waals surface area contributed by atoms with Crippen LogP contribution in [0, 0.1) is 0 Å². The zero-order valence-electron chi connectivity index (χ0n) is 10.1. The fourth-order valence-corrected chi connectivity index (χ4v) is 2.17. The molecular weight excluding hydrogens is 264 g/mol. The molecule has 2 N–H and O–H groups in total. The molecule has 1 atom stereocenters. The second-order valence-electron chi connectivity index (χ2n) is 4.21. The minimum Gasteiger partial charge on any atom is -0.726 e. The van der Waals surface area contributed by atoms with E-state index in [0.29, 0.717) is 6.54 Å². The summed E-state index contributed by atoms with van der Waals surface area (Å²) in [5.41, 5.74) is 0. The van der Waals surface area contributed by atoms with Crippen molar-refractivity contribution in [3.05, 3.63) is 0 Å². The monoisotopic (exact) mass is 283 g/mol. The van der Waals surface area contributed by atoms with Crippen molar-refractivity contribution < 1.29 is 27.4 Å². The van der Waals surface area contributed by atoms with Gasteiger partial charge in [-0.3, -0.25) is 14.0 Å². The van der Waals surface area contributed by atoms with Crippen LogP contribution in [-0.2, 0) is 14.6 Å². The van der Waals surface area contributed by atoms with E-state index in [1.807, 2.05) is 4.90 Å². The molecule has 0 radical (unpaired) electrons. The molecule has 18 heavy (non-hydrogen) atoms. The van der Waals surface area contributed by atoms with Crippen LogP contribution in [0.1, 0.15) is 0 Å². The molecule has 0 amide bonds. The molecule has 0 aromatic carbocycles. The number of hydrogen-bond donors (Lipinski definition) is 2. The zero-order chi connectivity index (χ0) is 13.6. The molecular formula is C9H19N2O6S-. The fourth-order valence-electron chi connectivity index (χ4n) is 1.85. The van der Waals surface area contributed by atoms with Crippen molar-refractivity contribution in [1.29, 1.82) is 0 Å². The highest BCUT2D eigenvalue weighted by Crippen LogP contribution is 2.03. The van der Waals surface area contributed by atoms with Crippen molar-refractivity contribution in [2.45, 2.75) is 6.10 Å². The molecule has 0 spiro atoms. The first kappa shape index (κ1) is 15.8. The summed E-state index contributed by atoms with van der Waals surface area (Å²) in [7, 11) is -4.74. The molecule has 0 bridgehead atoms. The Morgan fingerprint density at radius 3 is 2.28 bits per heavy atom. The number of β-amino-alcohol motifs (C(OH)–C–C–N with tert-alkyl or cyclic N) is 2. The Bertz CT molecular complexity index is 328. The summed E-state index contributed by atoms with van der Waals surface area (Å²) in [5, 5.41) is 18.3. The first-order valence-electron chi connectivity index (χ1n) is 5.74. The van der Waals surface area contributed by atoms with Gasteiger partial charge in [0, 0.05) is 39.3 Å². The van der Waals surface area contributed by atoms with E-state index in [1.165, 1.54) is 0 Å². The van der Waals surface area contributed by atoms with Gasteiger partial charge >= 0.3 is 0 Å². The van der Waals surface area contributed by atoms with Crippen LogP contribution in [0.5, 0.6) is 0 Å². The quantitative estimate of drug-likeness (QED) is 0.387. The molecule has 0 aromatic rings. The largest absolute Gasteiger partial charge is 0.726 e. The lowest BCUT2D eigenvalue weighted by Crippen LogP contribution is -2.49. The number of piperazine rings is 1.